The van der Waals surface area contributed by atoms with E-state index in [0.717, 1.165) is 0 Å². The largest absolute Gasteiger partial charge is 0.480 e. The van der Waals surface area contributed by atoms with Crippen molar-refractivity contribution in [2.45, 2.75) is 25.9 Å². The van der Waals surface area contributed by atoms with E-state index in [9.17, 15) is 4.79 Å². The van der Waals surface area contributed by atoms with Gasteiger partial charge in [0, 0.05) is 6.42 Å². The molecule has 0 bridgehead atoms. The molecule has 0 spiro atoms. The molecule has 7 heteroatoms. The Bertz CT molecular complexity index is 297. The molecule has 1 atom stereocenters. The lowest BCUT2D eigenvalue weighted by atomic mass is 10.2. The average Bonchev–Trinajstić information content (AvgIpc) is 2.52. The van der Waals surface area contributed by atoms with Crippen molar-refractivity contribution >= 4 is 5.97 Å². The van der Waals surface area contributed by atoms with Crippen molar-refractivity contribution < 1.29 is 9.90 Å². The van der Waals surface area contributed by atoms with Crippen LogP contribution >= 0.6 is 0 Å². The molecule has 0 saturated heterocycles. The van der Waals surface area contributed by atoms with Crippen LogP contribution in [-0.2, 0) is 17.8 Å². The van der Waals surface area contributed by atoms with Crippen molar-refractivity contribution in [3.05, 3.63) is 5.82 Å². The van der Waals surface area contributed by atoms with Crippen LogP contribution in [0.4, 0.5) is 0 Å². The third-order valence-corrected chi connectivity index (χ3v) is 1.50. The van der Waals surface area contributed by atoms with Gasteiger partial charge in [0.05, 0.1) is 6.54 Å². The van der Waals surface area contributed by atoms with E-state index < -0.39 is 12.0 Å². The standard InChI is InChI=1S/C6H11N5O2/c1-2-11-9-5(8-10-11)3-4(7)6(12)13/h4H,2-3,7H2,1H3,(H,12,13). The van der Waals surface area contributed by atoms with Crippen molar-refractivity contribution in [1.29, 1.82) is 0 Å². The molecule has 7 nitrogen and oxygen atoms in total. The molecular weight excluding hydrogens is 174 g/mol. The summed E-state index contributed by atoms with van der Waals surface area (Å²) in [5.41, 5.74) is 5.28. The van der Waals surface area contributed by atoms with E-state index >= 15 is 0 Å². The van der Waals surface area contributed by atoms with Crippen LogP contribution in [0, 0.1) is 0 Å². The van der Waals surface area contributed by atoms with Crippen LogP contribution in [0.15, 0.2) is 0 Å². The van der Waals surface area contributed by atoms with Crippen LogP contribution in [0.2, 0.25) is 0 Å². The Balaban J connectivity index is 2.58. The van der Waals surface area contributed by atoms with Crippen molar-refractivity contribution in [1.82, 2.24) is 20.2 Å². The van der Waals surface area contributed by atoms with Crippen molar-refractivity contribution in [3.8, 4) is 0 Å². The van der Waals surface area contributed by atoms with Gasteiger partial charge in [-0.05, 0) is 12.1 Å². The number of nitrogens with two attached hydrogens (primary N) is 1. The second kappa shape index (κ2) is 3.94. The minimum Gasteiger partial charge on any atom is -0.480 e. The fourth-order valence-electron chi connectivity index (χ4n) is 0.776. The molecule has 0 aliphatic carbocycles. The Morgan fingerprint density at radius 2 is 2.46 bits per heavy atom. The zero-order valence-corrected chi connectivity index (χ0v) is 7.21. The van der Waals surface area contributed by atoms with E-state index in [1.165, 1.54) is 4.80 Å². The van der Waals surface area contributed by atoms with Gasteiger partial charge in [0.2, 0.25) is 0 Å². The maximum absolute atomic E-state index is 10.4. The number of rotatable bonds is 4. The predicted molar refractivity (Wildman–Crippen MR) is 42.8 cm³/mol. The van der Waals surface area contributed by atoms with Gasteiger partial charge in [0.25, 0.3) is 0 Å². The van der Waals surface area contributed by atoms with Crippen LogP contribution in [-0.4, -0.2) is 37.3 Å². The zero-order chi connectivity index (χ0) is 9.84. The number of aliphatic carboxylic acids is 1. The Morgan fingerprint density at radius 1 is 1.77 bits per heavy atom. The van der Waals surface area contributed by atoms with E-state index in [1.54, 1.807) is 0 Å². The number of hydrogen-bond donors (Lipinski definition) is 2. The quantitative estimate of drug-likeness (QED) is 0.600. The highest BCUT2D eigenvalue weighted by Gasteiger charge is 2.15. The molecule has 0 fully saturated rings. The molecule has 0 radical (unpaired) electrons. The average molecular weight is 185 g/mol. The summed E-state index contributed by atoms with van der Waals surface area (Å²) >= 11 is 0. The minimum atomic E-state index is -1.06. The maximum atomic E-state index is 10.4. The van der Waals surface area contributed by atoms with Crippen LogP contribution < -0.4 is 5.73 Å². The summed E-state index contributed by atoms with van der Waals surface area (Å²) in [5.74, 6) is -0.704. The van der Waals surface area contributed by atoms with Gasteiger partial charge < -0.3 is 10.8 Å². The lowest BCUT2D eigenvalue weighted by molar-refractivity contribution is -0.138. The monoisotopic (exact) mass is 185 g/mol. The third kappa shape index (κ3) is 2.48. The van der Waals surface area contributed by atoms with Crippen molar-refractivity contribution in [3.63, 3.8) is 0 Å². The number of carboxylic acid groups (broad SMARTS) is 1. The number of aryl methyl sites for hydroxylation is 1. The number of nitrogens with zero attached hydrogens (tertiary/aromatic N) is 4. The van der Waals surface area contributed by atoms with Gasteiger partial charge in [-0.2, -0.15) is 4.80 Å². The predicted octanol–water partition coefficient (Wildman–Crippen LogP) is -1.35. The Hall–Kier alpha value is -1.50. The molecule has 0 aromatic carbocycles. The summed E-state index contributed by atoms with van der Waals surface area (Å²) in [6, 6.07) is -0.963. The summed E-state index contributed by atoms with van der Waals surface area (Å²) in [5, 5.41) is 19.7. The fraction of sp³-hybridized carbons (Fsp3) is 0.667. The number of carboxylic acids is 1. The summed E-state index contributed by atoms with van der Waals surface area (Å²) < 4.78 is 0. The Kier molecular flexibility index (Phi) is 2.91. The smallest absolute Gasteiger partial charge is 0.320 e. The van der Waals surface area contributed by atoms with Crippen LogP contribution in [0.25, 0.3) is 0 Å². The zero-order valence-electron chi connectivity index (χ0n) is 7.21. The van der Waals surface area contributed by atoms with Crippen LogP contribution in [0.1, 0.15) is 12.7 Å². The third-order valence-electron chi connectivity index (χ3n) is 1.50. The van der Waals surface area contributed by atoms with Gasteiger partial charge in [-0.25, -0.2) is 0 Å². The van der Waals surface area contributed by atoms with Crippen LogP contribution in [0.3, 0.4) is 0 Å². The second-order valence-electron chi connectivity index (χ2n) is 2.54. The summed E-state index contributed by atoms with van der Waals surface area (Å²) in [6.07, 6.45) is 0.106. The highest BCUT2D eigenvalue weighted by Crippen LogP contribution is 1.92. The molecule has 1 aromatic rings. The molecule has 13 heavy (non-hydrogen) atoms. The summed E-state index contributed by atoms with van der Waals surface area (Å²) in [6.45, 7) is 2.47. The van der Waals surface area contributed by atoms with Crippen LogP contribution in [0.5, 0.6) is 0 Å². The molecule has 1 unspecified atom stereocenters. The lowest BCUT2D eigenvalue weighted by Gasteiger charge is -2.00. The Labute approximate surface area is 74.5 Å². The molecular formula is C6H11N5O2. The maximum Gasteiger partial charge on any atom is 0.320 e. The van der Waals surface area contributed by atoms with Gasteiger partial charge in [-0.1, -0.05) is 0 Å². The first-order valence-corrected chi connectivity index (χ1v) is 3.88. The summed E-state index contributed by atoms with van der Waals surface area (Å²) in [7, 11) is 0. The van der Waals surface area contributed by atoms with Gasteiger partial charge in [0.15, 0.2) is 5.82 Å². The van der Waals surface area contributed by atoms with E-state index in [0.29, 0.717) is 12.4 Å². The normalized spacial score (nSPS) is 12.8. The van der Waals surface area contributed by atoms with Gasteiger partial charge in [-0.3, -0.25) is 4.79 Å². The molecule has 3 N–H and O–H groups in total. The molecule has 0 amide bonds. The molecule has 1 rings (SSSR count). The number of hydrogen-bond acceptors (Lipinski definition) is 5. The molecule has 1 aromatic heterocycles. The molecule has 1 heterocycles. The number of tetrazole rings is 1. The number of carbonyl (C=O) groups is 1. The van der Waals surface area contributed by atoms with E-state index in [2.05, 4.69) is 15.4 Å². The topological polar surface area (TPSA) is 107 Å². The van der Waals surface area contributed by atoms with Crippen molar-refractivity contribution in [2.24, 2.45) is 5.73 Å². The highest BCUT2D eigenvalue weighted by molar-refractivity contribution is 5.73. The molecule has 72 valence electrons. The van der Waals surface area contributed by atoms with Gasteiger partial charge >= 0.3 is 5.97 Å². The van der Waals surface area contributed by atoms with E-state index in [4.69, 9.17) is 10.8 Å². The first-order chi connectivity index (χ1) is 6.13. The summed E-state index contributed by atoms with van der Waals surface area (Å²) in [4.78, 5) is 11.8. The first-order valence-electron chi connectivity index (χ1n) is 3.88. The number of aromatic nitrogens is 4. The van der Waals surface area contributed by atoms with Gasteiger partial charge in [0.1, 0.15) is 6.04 Å². The van der Waals surface area contributed by atoms with Crippen molar-refractivity contribution in [2.75, 3.05) is 0 Å². The SMILES string of the molecule is CCn1nnc(CC(N)C(=O)O)n1. The Morgan fingerprint density at radius 3 is 2.92 bits per heavy atom. The first kappa shape index (κ1) is 9.59. The molecule has 0 aliphatic rings. The second-order valence-corrected chi connectivity index (χ2v) is 2.54. The van der Waals surface area contributed by atoms with E-state index in [-0.39, 0.29) is 6.42 Å². The molecule has 0 aliphatic heterocycles. The molecule has 0 saturated carbocycles. The van der Waals surface area contributed by atoms with E-state index in [1.807, 2.05) is 6.92 Å². The fourth-order valence-corrected chi connectivity index (χ4v) is 0.776. The highest BCUT2D eigenvalue weighted by atomic mass is 16.4. The lowest BCUT2D eigenvalue weighted by Crippen LogP contribution is -2.32. The minimum absolute atomic E-state index is 0.106. The van der Waals surface area contributed by atoms with Gasteiger partial charge in [-0.15, -0.1) is 10.2 Å².